The molecule has 6 nitrogen and oxygen atoms in total. The third kappa shape index (κ3) is 4.58. The number of hydrazone groups is 1. The molecular weight excluding hydrogens is 412 g/mol. The topological polar surface area (TPSA) is 72.1 Å². The molecule has 0 spiro atoms. The van der Waals surface area contributed by atoms with Gasteiger partial charge < -0.3 is 9.15 Å². The Morgan fingerprint density at radius 2 is 2.03 bits per heavy atom. The van der Waals surface area contributed by atoms with Gasteiger partial charge in [0.2, 0.25) is 0 Å². The van der Waals surface area contributed by atoms with Gasteiger partial charge in [-0.2, -0.15) is 5.10 Å². The lowest BCUT2D eigenvalue weighted by molar-refractivity contribution is -0.152. The first kappa shape index (κ1) is 19.4. The van der Waals surface area contributed by atoms with Gasteiger partial charge in [0.05, 0.1) is 18.4 Å². The summed E-state index contributed by atoms with van der Waals surface area (Å²) in [5, 5.41) is 8.33. The molecule has 0 radical (unpaired) electrons. The molecule has 8 heteroatoms. The van der Waals surface area contributed by atoms with Crippen LogP contribution in [0.4, 0.5) is 0 Å². The van der Waals surface area contributed by atoms with E-state index in [0.717, 1.165) is 16.2 Å². The van der Waals surface area contributed by atoms with Gasteiger partial charge in [0.1, 0.15) is 11.8 Å². The average molecular weight is 429 g/mol. The maximum Gasteiger partial charge on any atom is 0.311 e. The van der Waals surface area contributed by atoms with Gasteiger partial charge in [0.15, 0.2) is 6.61 Å². The summed E-state index contributed by atoms with van der Waals surface area (Å²) in [6.07, 6.45) is 2.19. The molecule has 3 aromatic rings. The van der Waals surface area contributed by atoms with Crippen LogP contribution in [-0.4, -0.2) is 29.2 Å². The van der Waals surface area contributed by atoms with Crippen molar-refractivity contribution >= 4 is 40.5 Å². The summed E-state index contributed by atoms with van der Waals surface area (Å²) in [6, 6.07) is 14.2. The Morgan fingerprint density at radius 3 is 2.72 bits per heavy atom. The second kappa shape index (κ2) is 8.63. The van der Waals surface area contributed by atoms with Crippen molar-refractivity contribution in [2.45, 2.75) is 18.9 Å². The molecule has 29 heavy (non-hydrogen) atoms. The third-order valence-corrected chi connectivity index (χ3v) is 5.60. The Hall–Kier alpha value is -2.90. The van der Waals surface area contributed by atoms with Crippen molar-refractivity contribution in [1.29, 1.82) is 0 Å². The number of benzene rings is 1. The molecule has 148 valence electrons. The lowest BCUT2D eigenvalue weighted by Gasteiger charge is -2.19. The van der Waals surface area contributed by atoms with E-state index >= 15 is 0 Å². The van der Waals surface area contributed by atoms with Gasteiger partial charge in [-0.3, -0.25) is 9.59 Å². The number of carbonyl (C=O) groups is 2. The van der Waals surface area contributed by atoms with Crippen molar-refractivity contribution in [2.75, 3.05) is 6.61 Å². The molecule has 4 rings (SSSR count). The Bertz CT molecular complexity index is 1010. The van der Waals surface area contributed by atoms with Gasteiger partial charge in [0, 0.05) is 16.3 Å². The van der Waals surface area contributed by atoms with Crippen LogP contribution in [0.2, 0.25) is 5.02 Å². The second-order valence-electron chi connectivity index (χ2n) is 6.44. The predicted octanol–water partition coefficient (Wildman–Crippen LogP) is 4.46. The molecule has 1 aromatic carbocycles. The average Bonchev–Trinajstić information content (AvgIpc) is 3.47. The first-order chi connectivity index (χ1) is 14.1. The summed E-state index contributed by atoms with van der Waals surface area (Å²) in [5.74, 6) is -0.234. The van der Waals surface area contributed by atoms with E-state index in [9.17, 15) is 9.59 Å². The number of ether oxygens (including phenoxy) is 1. The number of furan rings is 1. The highest BCUT2D eigenvalue weighted by Gasteiger charge is 2.35. The van der Waals surface area contributed by atoms with Crippen molar-refractivity contribution in [3.05, 3.63) is 81.4 Å². The van der Waals surface area contributed by atoms with Crippen molar-refractivity contribution in [3.63, 3.8) is 0 Å². The predicted molar refractivity (Wildman–Crippen MR) is 110 cm³/mol. The number of esters is 1. The molecule has 1 aliphatic heterocycles. The van der Waals surface area contributed by atoms with Crippen molar-refractivity contribution in [1.82, 2.24) is 5.01 Å². The SMILES string of the molecule is O=C(Cc1cccs1)OCC(=O)N1N=C(c2ccc(Cl)cc2)C[C@H]1c1ccco1. The standard InChI is InChI=1S/C21H17ClN2O4S/c22-15-7-5-14(6-8-15)17-12-18(19-4-1-9-27-19)24(23-17)20(25)13-28-21(26)11-16-3-2-10-29-16/h1-10,18H,11-13H2/t18-/m0/s1. The molecule has 2 aromatic heterocycles. The Labute approximate surface area is 176 Å². The van der Waals surface area contributed by atoms with Crippen LogP contribution in [0, 0.1) is 0 Å². The van der Waals surface area contributed by atoms with Crippen LogP contribution in [0.25, 0.3) is 0 Å². The summed E-state index contributed by atoms with van der Waals surface area (Å²) >= 11 is 7.43. The molecule has 3 heterocycles. The normalized spacial score (nSPS) is 16.0. The fourth-order valence-corrected chi connectivity index (χ4v) is 3.89. The van der Waals surface area contributed by atoms with E-state index in [-0.39, 0.29) is 19.1 Å². The third-order valence-electron chi connectivity index (χ3n) is 4.47. The van der Waals surface area contributed by atoms with Gasteiger partial charge in [-0.1, -0.05) is 29.8 Å². The van der Waals surface area contributed by atoms with E-state index in [4.69, 9.17) is 20.8 Å². The van der Waals surface area contributed by atoms with E-state index in [2.05, 4.69) is 5.10 Å². The van der Waals surface area contributed by atoms with E-state index in [1.165, 1.54) is 16.3 Å². The molecule has 0 aliphatic carbocycles. The highest BCUT2D eigenvalue weighted by molar-refractivity contribution is 7.10. The summed E-state index contributed by atoms with van der Waals surface area (Å²) < 4.78 is 10.7. The number of nitrogens with zero attached hydrogens (tertiary/aromatic N) is 2. The molecule has 0 fully saturated rings. The summed E-state index contributed by atoms with van der Waals surface area (Å²) in [5.41, 5.74) is 1.61. The van der Waals surface area contributed by atoms with Gasteiger partial charge in [-0.25, -0.2) is 5.01 Å². The number of halogens is 1. The highest BCUT2D eigenvalue weighted by Crippen LogP contribution is 2.33. The van der Waals surface area contributed by atoms with Crippen LogP contribution in [0.1, 0.15) is 28.7 Å². The lowest BCUT2D eigenvalue weighted by atomic mass is 10.0. The Kier molecular flexibility index (Phi) is 5.78. The largest absolute Gasteiger partial charge is 0.467 e. The monoisotopic (exact) mass is 428 g/mol. The van der Waals surface area contributed by atoms with Crippen LogP contribution >= 0.6 is 22.9 Å². The number of amides is 1. The van der Waals surface area contributed by atoms with Crippen molar-refractivity contribution in [3.8, 4) is 0 Å². The summed E-state index contributed by atoms with van der Waals surface area (Å²) in [6.45, 7) is -0.376. The Morgan fingerprint density at radius 1 is 1.21 bits per heavy atom. The second-order valence-corrected chi connectivity index (χ2v) is 7.91. The van der Waals surface area contributed by atoms with Crippen LogP contribution in [-0.2, 0) is 20.7 Å². The minimum atomic E-state index is -0.448. The molecule has 0 saturated heterocycles. The zero-order chi connectivity index (χ0) is 20.2. The molecule has 1 aliphatic rings. The first-order valence-corrected chi connectivity index (χ1v) is 10.2. The smallest absolute Gasteiger partial charge is 0.311 e. The maximum absolute atomic E-state index is 12.8. The number of hydrogen-bond acceptors (Lipinski definition) is 6. The van der Waals surface area contributed by atoms with Gasteiger partial charge in [-0.05, 0) is 41.3 Å². The maximum atomic E-state index is 12.8. The quantitative estimate of drug-likeness (QED) is 0.543. The molecule has 0 unspecified atom stereocenters. The number of hydrogen-bond donors (Lipinski definition) is 0. The van der Waals surface area contributed by atoms with Crippen LogP contribution in [0.15, 0.2) is 69.7 Å². The fraction of sp³-hybridized carbons (Fsp3) is 0.190. The van der Waals surface area contributed by atoms with Gasteiger partial charge in [0.25, 0.3) is 5.91 Å². The number of thiophene rings is 1. The van der Waals surface area contributed by atoms with Crippen LogP contribution in [0.3, 0.4) is 0 Å². The molecule has 0 bridgehead atoms. The van der Waals surface area contributed by atoms with Crippen LogP contribution in [0.5, 0.6) is 0 Å². The minimum Gasteiger partial charge on any atom is -0.467 e. The molecule has 0 saturated carbocycles. The van der Waals surface area contributed by atoms with Crippen molar-refractivity contribution < 1.29 is 18.7 Å². The molecule has 1 amide bonds. The fourth-order valence-electron chi connectivity index (χ4n) is 3.07. The summed E-state index contributed by atoms with van der Waals surface area (Å²) in [7, 11) is 0. The van der Waals surface area contributed by atoms with E-state index in [0.29, 0.717) is 17.2 Å². The van der Waals surface area contributed by atoms with Crippen molar-refractivity contribution in [2.24, 2.45) is 5.10 Å². The minimum absolute atomic E-state index is 0.145. The highest BCUT2D eigenvalue weighted by atomic mass is 35.5. The van der Waals surface area contributed by atoms with Gasteiger partial charge in [-0.15, -0.1) is 11.3 Å². The molecular formula is C21H17ClN2O4S. The lowest BCUT2D eigenvalue weighted by Crippen LogP contribution is -2.31. The summed E-state index contributed by atoms with van der Waals surface area (Å²) in [4.78, 5) is 25.7. The zero-order valence-electron chi connectivity index (χ0n) is 15.3. The van der Waals surface area contributed by atoms with E-state index in [1.807, 2.05) is 29.6 Å². The molecule has 0 N–H and O–H groups in total. The van der Waals surface area contributed by atoms with Gasteiger partial charge >= 0.3 is 5.97 Å². The number of rotatable bonds is 6. The van der Waals surface area contributed by atoms with Crippen LogP contribution < -0.4 is 0 Å². The Balaban J connectivity index is 1.47. The first-order valence-electron chi connectivity index (χ1n) is 8.97. The molecule has 1 atom stereocenters. The van der Waals surface area contributed by atoms with E-state index in [1.54, 1.807) is 30.5 Å². The van der Waals surface area contributed by atoms with E-state index < -0.39 is 11.9 Å². The zero-order valence-corrected chi connectivity index (χ0v) is 16.9. The number of carbonyl (C=O) groups excluding carboxylic acids is 2.